The lowest BCUT2D eigenvalue weighted by molar-refractivity contribution is -0.274. The number of hydrogen-bond acceptors (Lipinski definition) is 3. The topological polar surface area (TPSA) is 58.6 Å². The van der Waals surface area contributed by atoms with Gasteiger partial charge in [0.25, 0.3) is 0 Å². The van der Waals surface area contributed by atoms with Crippen molar-refractivity contribution in [2.24, 2.45) is 0 Å². The molecule has 1 aromatic rings. The van der Waals surface area contributed by atoms with Gasteiger partial charge in [0.1, 0.15) is 5.75 Å². The van der Waals surface area contributed by atoms with Crippen molar-refractivity contribution in [2.45, 2.75) is 6.36 Å². The van der Waals surface area contributed by atoms with Gasteiger partial charge in [0.05, 0.1) is 5.69 Å². The van der Waals surface area contributed by atoms with Gasteiger partial charge in [-0.1, -0.05) is 0 Å². The molecule has 0 aliphatic rings. The summed E-state index contributed by atoms with van der Waals surface area (Å²) in [4.78, 5) is 0. The smallest absolute Gasteiger partial charge is 0.406 e. The van der Waals surface area contributed by atoms with Crippen LogP contribution in [0.1, 0.15) is 0 Å². The first-order chi connectivity index (χ1) is 8.10. The molecule has 0 fully saturated rings. The Kier molecular flexibility index (Phi) is 4.07. The largest absolute Gasteiger partial charge is 0.573 e. The van der Waals surface area contributed by atoms with E-state index in [1.165, 1.54) is 26.2 Å². The molecule has 0 atom stereocenters. The highest BCUT2D eigenvalue weighted by atomic mass is 32.2. The van der Waals surface area contributed by atoms with Crippen molar-refractivity contribution in [2.75, 3.05) is 18.8 Å². The summed E-state index contributed by atoms with van der Waals surface area (Å²) in [6.45, 7) is 0. The summed E-state index contributed by atoms with van der Waals surface area (Å²) in [6.07, 6.45) is -4.77. The van der Waals surface area contributed by atoms with Crippen LogP contribution in [0.25, 0.3) is 0 Å². The van der Waals surface area contributed by atoms with Crippen LogP contribution in [-0.4, -0.2) is 33.2 Å². The van der Waals surface area contributed by atoms with Crippen molar-refractivity contribution in [3.8, 4) is 5.75 Å². The average molecular weight is 284 g/mol. The Balaban J connectivity index is 2.79. The normalized spacial score (nSPS) is 12.6. The van der Waals surface area contributed by atoms with Gasteiger partial charge >= 0.3 is 16.6 Å². The molecule has 18 heavy (non-hydrogen) atoms. The zero-order chi connectivity index (χ0) is 14.0. The summed E-state index contributed by atoms with van der Waals surface area (Å²) in [7, 11) is -1.03. The molecule has 0 saturated carbocycles. The number of anilines is 1. The molecule has 0 unspecified atom stereocenters. The van der Waals surface area contributed by atoms with Gasteiger partial charge in [-0.2, -0.15) is 12.7 Å². The monoisotopic (exact) mass is 284 g/mol. The first kappa shape index (κ1) is 14.6. The van der Waals surface area contributed by atoms with E-state index in [0.717, 1.165) is 16.4 Å². The van der Waals surface area contributed by atoms with E-state index in [2.05, 4.69) is 9.46 Å². The highest BCUT2D eigenvalue weighted by Crippen LogP contribution is 2.24. The Hall–Kier alpha value is -1.48. The van der Waals surface area contributed by atoms with Crippen LogP contribution in [0.2, 0.25) is 0 Å². The number of nitrogens with one attached hydrogen (secondary N) is 1. The van der Waals surface area contributed by atoms with E-state index in [0.29, 0.717) is 0 Å². The second kappa shape index (κ2) is 5.02. The van der Waals surface area contributed by atoms with Gasteiger partial charge in [-0.15, -0.1) is 13.2 Å². The average Bonchev–Trinajstić information content (AvgIpc) is 2.18. The zero-order valence-electron chi connectivity index (χ0n) is 9.52. The van der Waals surface area contributed by atoms with Gasteiger partial charge in [-0.05, 0) is 24.3 Å². The lowest BCUT2D eigenvalue weighted by Gasteiger charge is -2.14. The number of ether oxygens (including phenoxy) is 1. The maximum Gasteiger partial charge on any atom is 0.573 e. The van der Waals surface area contributed by atoms with E-state index < -0.39 is 22.3 Å². The number of nitrogens with zero attached hydrogens (tertiary/aromatic N) is 1. The number of halogens is 3. The van der Waals surface area contributed by atoms with E-state index in [1.807, 2.05) is 0 Å². The molecule has 1 N–H and O–H groups in total. The predicted molar refractivity (Wildman–Crippen MR) is 59.4 cm³/mol. The van der Waals surface area contributed by atoms with Crippen LogP contribution in [0.4, 0.5) is 18.9 Å². The summed E-state index contributed by atoms with van der Waals surface area (Å²) in [5, 5.41) is 0. The Morgan fingerprint density at radius 1 is 1.17 bits per heavy atom. The number of rotatable bonds is 4. The van der Waals surface area contributed by atoms with E-state index in [-0.39, 0.29) is 5.69 Å². The molecular weight excluding hydrogens is 273 g/mol. The molecule has 0 aliphatic carbocycles. The molecule has 9 heteroatoms. The molecule has 0 spiro atoms. The van der Waals surface area contributed by atoms with Crippen LogP contribution >= 0.6 is 0 Å². The highest BCUT2D eigenvalue weighted by molar-refractivity contribution is 7.90. The van der Waals surface area contributed by atoms with Gasteiger partial charge in [-0.3, -0.25) is 4.72 Å². The maximum atomic E-state index is 11.9. The van der Waals surface area contributed by atoms with Crippen LogP contribution in [0.3, 0.4) is 0 Å². The van der Waals surface area contributed by atoms with Crippen LogP contribution in [0.5, 0.6) is 5.75 Å². The molecule has 0 bridgehead atoms. The van der Waals surface area contributed by atoms with Crippen molar-refractivity contribution >= 4 is 15.9 Å². The minimum Gasteiger partial charge on any atom is -0.406 e. The Morgan fingerprint density at radius 3 is 2.06 bits per heavy atom. The number of hydrogen-bond donors (Lipinski definition) is 1. The second-order valence-electron chi connectivity index (χ2n) is 3.46. The fourth-order valence-electron chi connectivity index (χ4n) is 0.965. The highest BCUT2D eigenvalue weighted by Gasteiger charge is 2.31. The second-order valence-corrected chi connectivity index (χ2v) is 5.35. The van der Waals surface area contributed by atoms with Crippen LogP contribution < -0.4 is 9.46 Å². The van der Waals surface area contributed by atoms with Gasteiger partial charge < -0.3 is 4.74 Å². The Labute approximate surface area is 102 Å². The zero-order valence-corrected chi connectivity index (χ0v) is 10.3. The summed E-state index contributed by atoms with van der Waals surface area (Å²) < 4.78 is 65.2. The third kappa shape index (κ3) is 4.41. The lowest BCUT2D eigenvalue weighted by Crippen LogP contribution is -2.28. The third-order valence-corrected chi connectivity index (χ3v) is 3.27. The number of benzene rings is 1. The van der Waals surface area contributed by atoms with E-state index in [4.69, 9.17) is 0 Å². The number of alkyl halides is 3. The fraction of sp³-hybridized carbons (Fsp3) is 0.333. The van der Waals surface area contributed by atoms with Crippen molar-refractivity contribution in [3.63, 3.8) is 0 Å². The quantitative estimate of drug-likeness (QED) is 0.917. The third-order valence-electron chi connectivity index (χ3n) is 1.82. The predicted octanol–water partition coefficient (Wildman–Crippen LogP) is 1.80. The molecule has 1 rings (SSSR count). The summed E-state index contributed by atoms with van der Waals surface area (Å²) in [5.74, 6) is -0.421. The van der Waals surface area contributed by atoms with Gasteiger partial charge in [0.2, 0.25) is 0 Å². The summed E-state index contributed by atoms with van der Waals surface area (Å²) in [6, 6.07) is 4.37. The van der Waals surface area contributed by atoms with Crippen molar-refractivity contribution in [1.82, 2.24) is 4.31 Å². The van der Waals surface area contributed by atoms with Crippen molar-refractivity contribution in [1.29, 1.82) is 0 Å². The van der Waals surface area contributed by atoms with Crippen molar-refractivity contribution in [3.05, 3.63) is 24.3 Å². The van der Waals surface area contributed by atoms with Crippen LogP contribution in [0, 0.1) is 0 Å². The van der Waals surface area contributed by atoms with E-state index in [1.54, 1.807) is 0 Å². The van der Waals surface area contributed by atoms with Crippen molar-refractivity contribution < 1.29 is 26.3 Å². The molecule has 0 amide bonds. The molecular formula is C9H11F3N2O3S. The lowest BCUT2D eigenvalue weighted by atomic mass is 10.3. The standard InChI is InChI=1S/C9H11F3N2O3S/c1-14(2)18(15,16)13-7-3-5-8(6-4-7)17-9(10,11)12/h3-6,13H,1-2H3. The fourth-order valence-corrected chi connectivity index (χ4v) is 1.58. The Morgan fingerprint density at radius 2 is 1.67 bits per heavy atom. The first-order valence-corrected chi connectivity index (χ1v) is 6.10. The van der Waals surface area contributed by atoms with E-state index >= 15 is 0 Å². The SMILES string of the molecule is CN(C)S(=O)(=O)Nc1ccc(OC(F)(F)F)cc1. The molecule has 0 aliphatic heterocycles. The minimum absolute atomic E-state index is 0.137. The molecule has 0 saturated heterocycles. The van der Waals surface area contributed by atoms with Crippen LogP contribution in [-0.2, 0) is 10.2 Å². The molecule has 0 aromatic heterocycles. The summed E-state index contributed by atoms with van der Waals surface area (Å²) in [5.41, 5.74) is 0.137. The molecule has 0 heterocycles. The molecule has 1 aromatic carbocycles. The molecule has 5 nitrogen and oxygen atoms in total. The van der Waals surface area contributed by atoms with Gasteiger partial charge in [0.15, 0.2) is 0 Å². The summed E-state index contributed by atoms with van der Waals surface area (Å²) >= 11 is 0. The minimum atomic E-state index is -4.77. The van der Waals surface area contributed by atoms with Gasteiger partial charge in [-0.25, -0.2) is 0 Å². The van der Waals surface area contributed by atoms with Crippen LogP contribution in [0.15, 0.2) is 24.3 Å². The molecule has 0 radical (unpaired) electrons. The maximum absolute atomic E-state index is 11.9. The molecule has 102 valence electrons. The Bertz CT molecular complexity index is 497. The van der Waals surface area contributed by atoms with E-state index in [9.17, 15) is 21.6 Å². The van der Waals surface area contributed by atoms with Gasteiger partial charge in [0, 0.05) is 14.1 Å². The first-order valence-electron chi connectivity index (χ1n) is 4.66.